The van der Waals surface area contributed by atoms with E-state index in [1.165, 1.54) is 14.1 Å². The summed E-state index contributed by atoms with van der Waals surface area (Å²) in [5, 5.41) is 2.61. The van der Waals surface area contributed by atoms with E-state index in [0.717, 1.165) is 14.2 Å². The van der Waals surface area contributed by atoms with Gasteiger partial charge in [0.1, 0.15) is 6.54 Å². The predicted octanol–water partition coefficient (Wildman–Crippen LogP) is -0.0889. The molecule has 140 valence electrons. The maximum atomic E-state index is 12.6. The third-order valence-corrected chi connectivity index (χ3v) is 7.53. The first-order valence-electron chi connectivity index (χ1n) is 7.78. The van der Waals surface area contributed by atoms with E-state index in [4.69, 9.17) is 0 Å². The molecule has 0 unspecified atom stereocenters. The van der Waals surface area contributed by atoms with Crippen LogP contribution in [0.5, 0.6) is 0 Å². The molecule has 1 aromatic carbocycles. The summed E-state index contributed by atoms with van der Waals surface area (Å²) in [6.45, 7) is 1.46. The lowest BCUT2D eigenvalue weighted by Crippen LogP contribution is -2.48. The van der Waals surface area contributed by atoms with Crippen molar-refractivity contribution in [1.82, 2.24) is 9.62 Å². The molecule has 1 aromatic rings. The van der Waals surface area contributed by atoms with Crippen LogP contribution in [0.2, 0.25) is 0 Å². The lowest BCUT2D eigenvalue weighted by atomic mass is 10.2. The highest BCUT2D eigenvalue weighted by Gasteiger charge is 2.31. The van der Waals surface area contributed by atoms with Gasteiger partial charge in [0.25, 0.3) is 0 Å². The Kier molecular flexibility index (Phi) is 5.75. The second-order valence-corrected chi connectivity index (χ2v) is 10.6. The molecule has 0 bridgehead atoms. The fraction of sp³-hybridized carbons (Fsp3) is 0.533. The first kappa shape index (κ1) is 19.7. The minimum absolute atomic E-state index is 0.0373. The molecule has 1 atom stereocenters. The molecule has 25 heavy (non-hydrogen) atoms. The largest absolute Gasteiger partial charge is 0.351 e. The number of aryl methyl sites for hydroxylation is 1. The molecule has 1 heterocycles. The molecule has 0 spiro atoms. The average Bonchev–Trinajstić information content (AvgIpc) is 2.84. The first-order valence-corrected chi connectivity index (χ1v) is 11.0. The third-order valence-electron chi connectivity index (χ3n) is 3.95. The lowest BCUT2D eigenvalue weighted by Gasteiger charge is -2.27. The van der Waals surface area contributed by atoms with Crippen molar-refractivity contribution in [2.75, 3.05) is 36.5 Å². The number of nitrogens with one attached hydrogen (secondary N) is 1. The van der Waals surface area contributed by atoms with Crippen LogP contribution in [0.4, 0.5) is 5.69 Å². The van der Waals surface area contributed by atoms with Crippen LogP contribution in [-0.4, -0.2) is 65.2 Å². The highest BCUT2D eigenvalue weighted by atomic mass is 32.2. The monoisotopic (exact) mass is 389 g/mol. The van der Waals surface area contributed by atoms with Crippen LogP contribution in [-0.2, 0) is 24.8 Å². The Morgan fingerprint density at radius 2 is 1.84 bits per heavy atom. The number of hydrogen-bond donors (Lipinski definition) is 1. The highest BCUT2D eigenvalue weighted by molar-refractivity contribution is 7.91. The van der Waals surface area contributed by atoms with E-state index in [1.807, 2.05) is 6.92 Å². The number of carbonyl (C=O) groups is 1. The topological polar surface area (TPSA) is 104 Å². The van der Waals surface area contributed by atoms with Gasteiger partial charge in [-0.1, -0.05) is 17.7 Å². The van der Waals surface area contributed by atoms with E-state index >= 15 is 0 Å². The Labute approximate surface area is 148 Å². The minimum atomic E-state index is -3.87. The van der Waals surface area contributed by atoms with Crippen molar-refractivity contribution in [1.29, 1.82) is 0 Å². The number of sulfone groups is 1. The maximum Gasteiger partial charge on any atom is 0.304 e. The summed E-state index contributed by atoms with van der Waals surface area (Å²) in [7, 11) is -4.22. The van der Waals surface area contributed by atoms with E-state index in [9.17, 15) is 21.6 Å². The van der Waals surface area contributed by atoms with Crippen molar-refractivity contribution in [2.24, 2.45) is 0 Å². The van der Waals surface area contributed by atoms with Gasteiger partial charge in [0.15, 0.2) is 9.84 Å². The molecule has 1 saturated heterocycles. The second-order valence-electron chi connectivity index (χ2n) is 6.30. The molecule has 10 heteroatoms. The molecule has 0 aromatic heterocycles. The Bertz CT molecular complexity index is 832. The number of rotatable bonds is 6. The van der Waals surface area contributed by atoms with Crippen molar-refractivity contribution >= 4 is 31.6 Å². The molecule has 1 N–H and O–H groups in total. The second kappa shape index (κ2) is 7.30. The Balaban J connectivity index is 2.19. The predicted molar refractivity (Wildman–Crippen MR) is 96.3 cm³/mol. The molecule has 2 rings (SSSR count). The van der Waals surface area contributed by atoms with Crippen molar-refractivity contribution in [3.8, 4) is 0 Å². The molecule has 1 aliphatic heterocycles. The van der Waals surface area contributed by atoms with Crippen LogP contribution in [0.15, 0.2) is 24.3 Å². The van der Waals surface area contributed by atoms with Crippen molar-refractivity contribution in [3.63, 3.8) is 0 Å². The summed E-state index contributed by atoms with van der Waals surface area (Å²) in [6.07, 6.45) is 0.346. The smallest absolute Gasteiger partial charge is 0.304 e. The molecule has 0 aliphatic carbocycles. The molecule has 0 saturated carbocycles. The van der Waals surface area contributed by atoms with Crippen LogP contribution in [0, 0.1) is 6.92 Å². The Morgan fingerprint density at radius 1 is 1.24 bits per heavy atom. The maximum absolute atomic E-state index is 12.6. The summed E-state index contributed by atoms with van der Waals surface area (Å²) in [5.74, 6) is -0.604. The normalized spacial score (nSPS) is 19.8. The standard InChI is InChI=1S/C15H23N3O5S2/c1-12-4-6-14(7-5-12)18(25(22,23)17(2)3)10-15(19)16-13-8-9-24(20,21)11-13/h4-7,13H,8-11H2,1-3H3,(H,16,19)/t13-/m1/s1. The van der Waals surface area contributed by atoms with Gasteiger partial charge in [0.2, 0.25) is 5.91 Å². The molecule has 1 fully saturated rings. The fourth-order valence-corrected chi connectivity index (χ4v) is 5.26. The first-order chi connectivity index (χ1) is 11.5. The summed E-state index contributed by atoms with van der Waals surface area (Å²) in [6, 6.07) is 6.30. The number of carbonyl (C=O) groups excluding carboxylic acids is 1. The van der Waals surface area contributed by atoms with Crippen LogP contribution in [0.3, 0.4) is 0 Å². The number of benzene rings is 1. The summed E-state index contributed by atoms with van der Waals surface area (Å²) in [4.78, 5) is 12.3. The zero-order valence-electron chi connectivity index (χ0n) is 14.5. The number of anilines is 1. The van der Waals surface area contributed by atoms with E-state index in [1.54, 1.807) is 24.3 Å². The SMILES string of the molecule is Cc1ccc(N(CC(=O)N[C@@H]2CCS(=O)(=O)C2)S(=O)(=O)N(C)C)cc1. The Morgan fingerprint density at radius 3 is 2.32 bits per heavy atom. The average molecular weight is 389 g/mol. The molecule has 8 nitrogen and oxygen atoms in total. The lowest BCUT2D eigenvalue weighted by molar-refractivity contribution is -0.120. The quantitative estimate of drug-likeness (QED) is 0.732. The molecule has 0 radical (unpaired) electrons. The van der Waals surface area contributed by atoms with Gasteiger partial charge < -0.3 is 5.32 Å². The molecule has 1 amide bonds. The molecular formula is C15H23N3O5S2. The van der Waals surface area contributed by atoms with Crippen molar-refractivity contribution in [3.05, 3.63) is 29.8 Å². The van der Waals surface area contributed by atoms with E-state index in [2.05, 4.69) is 5.32 Å². The summed E-state index contributed by atoms with van der Waals surface area (Å²) in [5.41, 5.74) is 1.33. The van der Waals surface area contributed by atoms with Crippen LogP contribution < -0.4 is 9.62 Å². The van der Waals surface area contributed by atoms with Gasteiger partial charge in [0.05, 0.1) is 17.2 Å². The zero-order valence-corrected chi connectivity index (χ0v) is 16.1. The highest BCUT2D eigenvalue weighted by Crippen LogP contribution is 2.20. The van der Waals surface area contributed by atoms with Gasteiger partial charge >= 0.3 is 10.2 Å². The summed E-state index contributed by atoms with van der Waals surface area (Å²) >= 11 is 0. The Hall–Kier alpha value is -1.65. The van der Waals surface area contributed by atoms with Gasteiger partial charge in [-0.15, -0.1) is 0 Å². The van der Waals surface area contributed by atoms with Crippen molar-refractivity contribution in [2.45, 2.75) is 19.4 Å². The van der Waals surface area contributed by atoms with Crippen LogP contribution in [0.25, 0.3) is 0 Å². The van der Waals surface area contributed by atoms with Crippen LogP contribution >= 0.6 is 0 Å². The molecule has 1 aliphatic rings. The number of amides is 1. The number of nitrogens with zero attached hydrogens (tertiary/aromatic N) is 2. The van der Waals surface area contributed by atoms with Gasteiger partial charge in [0, 0.05) is 20.1 Å². The van der Waals surface area contributed by atoms with Gasteiger partial charge in [-0.3, -0.25) is 4.79 Å². The van der Waals surface area contributed by atoms with Crippen LogP contribution in [0.1, 0.15) is 12.0 Å². The van der Waals surface area contributed by atoms with E-state index in [-0.39, 0.29) is 11.5 Å². The zero-order chi connectivity index (χ0) is 18.8. The van der Waals surface area contributed by atoms with E-state index < -0.39 is 38.5 Å². The van der Waals surface area contributed by atoms with E-state index in [0.29, 0.717) is 12.1 Å². The van der Waals surface area contributed by atoms with Gasteiger partial charge in [-0.05, 0) is 25.5 Å². The fourth-order valence-electron chi connectivity index (χ4n) is 2.53. The number of hydrogen-bond acceptors (Lipinski definition) is 5. The van der Waals surface area contributed by atoms with Crippen molar-refractivity contribution < 1.29 is 21.6 Å². The third kappa shape index (κ3) is 4.93. The molecular weight excluding hydrogens is 366 g/mol. The van der Waals surface area contributed by atoms with Gasteiger partial charge in [-0.25, -0.2) is 12.7 Å². The van der Waals surface area contributed by atoms with Gasteiger partial charge in [-0.2, -0.15) is 12.7 Å². The summed E-state index contributed by atoms with van der Waals surface area (Å²) < 4.78 is 50.1. The minimum Gasteiger partial charge on any atom is -0.351 e.